The zero-order valence-electron chi connectivity index (χ0n) is 17.1. The summed E-state index contributed by atoms with van der Waals surface area (Å²) in [5.74, 6) is 0.289. The number of amides is 1. The van der Waals surface area contributed by atoms with E-state index in [1.165, 1.54) is 12.1 Å². The smallest absolute Gasteiger partial charge is 0.269 e. The van der Waals surface area contributed by atoms with Gasteiger partial charge in [0, 0.05) is 23.5 Å². The summed E-state index contributed by atoms with van der Waals surface area (Å²) in [7, 11) is 0. The summed E-state index contributed by atoms with van der Waals surface area (Å²) in [5, 5.41) is 17.6. The number of anilines is 2. The van der Waals surface area contributed by atoms with E-state index in [9.17, 15) is 14.9 Å². The van der Waals surface area contributed by atoms with Crippen molar-refractivity contribution in [1.82, 2.24) is 9.55 Å². The first-order valence-electron chi connectivity index (χ1n) is 10.1. The Balaban J connectivity index is 1.70. The molecule has 2 heterocycles. The second kappa shape index (κ2) is 7.66. The molecule has 0 bridgehead atoms. The molecule has 3 aromatic carbocycles. The second-order valence-corrected chi connectivity index (χ2v) is 7.53. The molecule has 32 heavy (non-hydrogen) atoms. The zero-order chi connectivity index (χ0) is 22.2. The van der Waals surface area contributed by atoms with Gasteiger partial charge in [0.25, 0.3) is 11.6 Å². The van der Waals surface area contributed by atoms with E-state index in [2.05, 4.69) is 15.6 Å². The number of para-hydroxylation sites is 3. The molecule has 5 rings (SSSR count). The van der Waals surface area contributed by atoms with Crippen LogP contribution in [-0.2, 0) is 4.79 Å². The molecule has 0 unspecified atom stereocenters. The minimum Gasteiger partial charge on any atom is -0.329 e. The van der Waals surface area contributed by atoms with Gasteiger partial charge in [-0.1, -0.05) is 42.5 Å². The number of nitrogens with one attached hydrogen (secondary N) is 2. The number of carbonyl (C=O) groups excluding carboxylic acids is 1. The third-order valence-corrected chi connectivity index (χ3v) is 5.50. The van der Waals surface area contributed by atoms with E-state index >= 15 is 0 Å². The summed E-state index contributed by atoms with van der Waals surface area (Å²) < 4.78 is 1.92. The molecule has 0 saturated carbocycles. The number of imidazole rings is 1. The van der Waals surface area contributed by atoms with E-state index < -0.39 is 11.0 Å². The van der Waals surface area contributed by atoms with Gasteiger partial charge in [0.15, 0.2) is 0 Å². The van der Waals surface area contributed by atoms with Crippen molar-refractivity contribution in [3.05, 3.63) is 106 Å². The minimum absolute atomic E-state index is 0.0347. The Morgan fingerprint density at radius 2 is 1.81 bits per heavy atom. The fourth-order valence-electron chi connectivity index (χ4n) is 4.10. The maximum atomic E-state index is 13.5. The highest BCUT2D eigenvalue weighted by Crippen LogP contribution is 2.40. The van der Waals surface area contributed by atoms with Crippen LogP contribution in [0.2, 0.25) is 0 Å². The summed E-state index contributed by atoms with van der Waals surface area (Å²) in [5.41, 5.74) is 3.95. The Morgan fingerprint density at radius 3 is 2.59 bits per heavy atom. The molecule has 1 atom stereocenters. The van der Waals surface area contributed by atoms with Gasteiger partial charge in [-0.3, -0.25) is 19.5 Å². The monoisotopic (exact) mass is 425 g/mol. The van der Waals surface area contributed by atoms with Crippen LogP contribution in [0.5, 0.6) is 0 Å². The van der Waals surface area contributed by atoms with Crippen LogP contribution in [-0.4, -0.2) is 20.4 Å². The number of fused-ring (bicyclic) bond motifs is 3. The first-order chi connectivity index (χ1) is 15.5. The molecule has 0 aliphatic carbocycles. The number of rotatable bonds is 4. The van der Waals surface area contributed by atoms with Gasteiger partial charge < -0.3 is 10.6 Å². The first kappa shape index (κ1) is 19.5. The van der Waals surface area contributed by atoms with Gasteiger partial charge in [-0.2, -0.15) is 0 Å². The number of nitrogens with zero attached hydrogens (tertiary/aromatic N) is 3. The molecule has 1 aromatic heterocycles. The van der Waals surface area contributed by atoms with Crippen LogP contribution in [0.3, 0.4) is 0 Å². The highest BCUT2D eigenvalue weighted by molar-refractivity contribution is 6.06. The molecule has 0 saturated heterocycles. The number of allylic oxidation sites excluding steroid dienone is 1. The van der Waals surface area contributed by atoms with Crippen molar-refractivity contribution >= 4 is 34.3 Å². The molecule has 158 valence electrons. The fraction of sp³-hybridized carbons (Fsp3) is 0.0833. The van der Waals surface area contributed by atoms with E-state index in [1.54, 1.807) is 12.1 Å². The van der Waals surface area contributed by atoms with E-state index in [0.717, 1.165) is 11.0 Å². The van der Waals surface area contributed by atoms with Crippen LogP contribution in [0.25, 0.3) is 11.0 Å². The van der Waals surface area contributed by atoms with Crippen LogP contribution in [0.4, 0.5) is 17.3 Å². The lowest BCUT2D eigenvalue weighted by Crippen LogP contribution is -2.31. The number of hydrogen-bond acceptors (Lipinski definition) is 5. The second-order valence-electron chi connectivity index (χ2n) is 7.53. The lowest BCUT2D eigenvalue weighted by Gasteiger charge is -2.30. The molecule has 1 amide bonds. The van der Waals surface area contributed by atoms with Crippen molar-refractivity contribution in [3.63, 3.8) is 0 Å². The molecule has 4 aromatic rings. The zero-order valence-corrected chi connectivity index (χ0v) is 17.1. The SMILES string of the molecule is CC1=C(C(=O)Nc2ccccc2)[C@@H](c2cccc([N+](=O)[O-])c2)n2c(nc3ccccc32)N1. The molecule has 0 radical (unpaired) electrons. The summed E-state index contributed by atoms with van der Waals surface area (Å²) in [4.78, 5) is 29.2. The lowest BCUT2D eigenvalue weighted by molar-refractivity contribution is -0.384. The molecule has 1 aliphatic rings. The summed E-state index contributed by atoms with van der Waals surface area (Å²) in [6, 6.07) is 22.6. The molecule has 0 fully saturated rings. The van der Waals surface area contributed by atoms with Crippen molar-refractivity contribution in [2.75, 3.05) is 10.6 Å². The maximum Gasteiger partial charge on any atom is 0.269 e. The lowest BCUT2D eigenvalue weighted by atomic mass is 9.94. The predicted molar refractivity (Wildman–Crippen MR) is 122 cm³/mol. The Morgan fingerprint density at radius 1 is 1.06 bits per heavy atom. The van der Waals surface area contributed by atoms with Gasteiger partial charge in [-0.15, -0.1) is 0 Å². The van der Waals surface area contributed by atoms with Crippen LogP contribution >= 0.6 is 0 Å². The minimum atomic E-state index is -0.595. The van der Waals surface area contributed by atoms with E-state index in [-0.39, 0.29) is 11.6 Å². The first-order valence-corrected chi connectivity index (χ1v) is 10.1. The summed E-state index contributed by atoms with van der Waals surface area (Å²) >= 11 is 0. The van der Waals surface area contributed by atoms with Crippen molar-refractivity contribution in [2.45, 2.75) is 13.0 Å². The highest BCUT2D eigenvalue weighted by Gasteiger charge is 2.34. The fourth-order valence-corrected chi connectivity index (χ4v) is 4.10. The van der Waals surface area contributed by atoms with E-state index in [0.29, 0.717) is 28.5 Å². The molecular formula is C24H19N5O3. The average Bonchev–Trinajstić information content (AvgIpc) is 3.16. The van der Waals surface area contributed by atoms with Gasteiger partial charge in [-0.25, -0.2) is 4.98 Å². The van der Waals surface area contributed by atoms with Crippen molar-refractivity contribution < 1.29 is 9.72 Å². The normalized spacial score (nSPS) is 15.2. The van der Waals surface area contributed by atoms with Gasteiger partial charge in [0.2, 0.25) is 5.95 Å². The molecule has 0 spiro atoms. The maximum absolute atomic E-state index is 13.5. The Kier molecular flexibility index (Phi) is 4.67. The standard InChI is InChI=1S/C24H19N5O3/c1-15-21(23(30)26-17-9-3-2-4-10-17)22(16-8-7-11-18(14-16)29(31)32)28-20-13-6-5-12-19(20)27-24(28)25-15/h2-14,22H,1H3,(H,25,27)(H,26,30)/t22-/m1/s1. The van der Waals surface area contributed by atoms with Crippen LogP contribution in [0.1, 0.15) is 18.5 Å². The highest BCUT2D eigenvalue weighted by atomic mass is 16.6. The number of hydrogen-bond donors (Lipinski definition) is 2. The topological polar surface area (TPSA) is 102 Å². The summed E-state index contributed by atoms with van der Waals surface area (Å²) in [6.07, 6.45) is 0. The number of nitro groups is 1. The van der Waals surface area contributed by atoms with Crippen LogP contribution in [0.15, 0.2) is 90.1 Å². The van der Waals surface area contributed by atoms with E-state index in [4.69, 9.17) is 0 Å². The molecule has 8 nitrogen and oxygen atoms in total. The van der Waals surface area contributed by atoms with E-state index in [1.807, 2.05) is 66.1 Å². The Hall–Kier alpha value is -4.46. The predicted octanol–water partition coefficient (Wildman–Crippen LogP) is 4.87. The third kappa shape index (κ3) is 3.27. The number of non-ortho nitro benzene ring substituents is 1. The number of aromatic nitrogens is 2. The van der Waals surface area contributed by atoms with Gasteiger partial charge in [-0.05, 0) is 36.8 Å². The van der Waals surface area contributed by atoms with Crippen molar-refractivity contribution in [3.8, 4) is 0 Å². The van der Waals surface area contributed by atoms with Gasteiger partial charge in [0.05, 0.1) is 27.6 Å². The van der Waals surface area contributed by atoms with Crippen molar-refractivity contribution in [2.24, 2.45) is 0 Å². The van der Waals surface area contributed by atoms with Crippen LogP contribution in [0, 0.1) is 10.1 Å². The third-order valence-electron chi connectivity index (χ3n) is 5.50. The van der Waals surface area contributed by atoms with Crippen molar-refractivity contribution in [1.29, 1.82) is 0 Å². The Labute approximate surface area is 183 Å². The summed E-state index contributed by atoms with van der Waals surface area (Å²) in [6.45, 7) is 1.81. The quantitative estimate of drug-likeness (QED) is 0.359. The molecule has 2 N–H and O–H groups in total. The molecule has 8 heteroatoms. The number of nitro benzene ring substituents is 1. The van der Waals surface area contributed by atoms with Crippen LogP contribution < -0.4 is 10.6 Å². The molecule has 1 aliphatic heterocycles. The largest absolute Gasteiger partial charge is 0.329 e. The van der Waals surface area contributed by atoms with Gasteiger partial charge >= 0.3 is 0 Å². The van der Waals surface area contributed by atoms with Gasteiger partial charge in [0.1, 0.15) is 0 Å². The Bertz CT molecular complexity index is 1390. The molecular weight excluding hydrogens is 406 g/mol. The average molecular weight is 425 g/mol. The number of carbonyl (C=O) groups is 1. The number of benzene rings is 3.